The molecule has 0 spiro atoms. The smallest absolute Gasteiger partial charge is 0.307 e. The Kier molecular flexibility index (Phi) is 7.68. The molecule has 4 rings (SSSR count). The topological polar surface area (TPSA) is 145 Å². The molecule has 11 heteroatoms. The van der Waals surface area contributed by atoms with Gasteiger partial charge in [-0.05, 0) is 59.5 Å². The molecule has 1 unspecified atom stereocenters. The second kappa shape index (κ2) is 11.1. The molecule has 2 N–H and O–H groups in total. The van der Waals surface area contributed by atoms with Gasteiger partial charge in [0.2, 0.25) is 5.91 Å². The van der Waals surface area contributed by atoms with Gasteiger partial charge in [-0.1, -0.05) is 6.07 Å². The van der Waals surface area contributed by atoms with E-state index in [2.05, 4.69) is 15.3 Å². The fourth-order valence-electron chi connectivity index (χ4n) is 3.69. The van der Waals surface area contributed by atoms with Crippen molar-refractivity contribution in [2.24, 2.45) is 0 Å². The molecule has 0 saturated carbocycles. The molecule has 1 fully saturated rings. The Hall–Kier alpha value is -3.83. The summed E-state index contributed by atoms with van der Waals surface area (Å²) in [6.45, 7) is 1.04. The summed E-state index contributed by atoms with van der Waals surface area (Å²) in [6, 6.07) is 12.1. The molecule has 0 bridgehead atoms. The van der Waals surface area contributed by atoms with Crippen LogP contribution >= 0.6 is 0 Å². The number of nitrogens with one attached hydrogen (secondary N) is 1. The van der Waals surface area contributed by atoms with E-state index in [0.717, 1.165) is 17.7 Å². The normalized spacial score (nSPS) is 14.1. The van der Waals surface area contributed by atoms with Crippen molar-refractivity contribution in [1.29, 1.82) is 0 Å². The van der Waals surface area contributed by atoms with Crippen molar-refractivity contribution in [2.45, 2.75) is 31.6 Å². The maximum absolute atomic E-state index is 12.2. The minimum Gasteiger partial charge on any atom is -0.772 e. The van der Waals surface area contributed by atoms with Gasteiger partial charge in [0, 0.05) is 37.0 Å². The van der Waals surface area contributed by atoms with E-state index in [4.69, 9.17) is 9.84 Å². The molecule has 0 aliphatic carbocycles. The van der Waals surface area contributed by atoms with Crippen LogP contribution in [0.2, 0.25) is 0 Å². The zero-order valence-corrected chi connectivity index (χ0v) is 19.5. The van der Waals surface area contributed by atoms with Crippen LogP contribution in [0.5, 0.6) is 11.5 Å². The zero-order valence-electron chi connectivity index (χ0n) is 18.7. The van der Waals surface area contributed by atoms with Crippen LogP contribution in [0.3, 0.4) is 0 Å². The van der Waals surface area contributed by atoms with E-state index in [1.54, 1.807) is 41.3 Å². The third kappa shape index (κ3) is 6.84. The van der Waals surface area contributed by atoms with E-state index in [-0.39, 0.29) is 18.1 Å². The number of nitrogens with zero attached hydrogens (tertiary/aromatic N) is 3. The SMILES string of the molecule is O=C(O)Cc1ccc(Nc2ccc(Oc3ccc(CS(=O)[O-])nc3)c(CN3CCCC3=O)c2)nc1. The van der Waals surface area contributed by atoms with Crippen molar-refractivity contribution in [3.8, 4) is 11.5 Å². The number of carbonyl (C=O) groups is 2. The standard InChI is InChI=1S/C24H24N4O6S/c29-23-2-1-9-28(23)14-17-11-18(27-22-8-3-16(12-26-22)10-24(30)31)5-7-21(17)34-20-6-4-19(25-13-20)15-35(32)33/h3-8,11-13H,1-2,9-10,14-15H2,(H,26,27)(H,30,31)(H,32,33)/p-1. The number of likely N-dealkylation sites (tertiary alicyclic amines) is 1. The maximum Gasteiger partial charge on any atom is 0.307 e. The number of rotatable bonds is 10. The van der Waals surface area contributed by atoms with Crippen molar-refractivity contribution < 1.29 is 28.2 Å². The third-order valence-corrected chi connectivity index (χ3v) is 5.87. The Bertz CT molecular complexity index is 1230. The number of hydrogen-bond acceptors (Lipinski definition) is 8. The Morgan fingerprint density at radius 1 is 1.17 bits per heavy atom. The van der Waals surface area contributed by atoms with Crippen LogP contribution in [-0.4, -0.2) is 47.2 Å². The number of carbonyl (C=O) groups excluding carboxylic acids is 1. The molecule has 0 radical (unpaired) electrons. The minimum atomic E-state index is -2.22. The lowest BCUT2D eigenvalue weighted by Gasteiger charge is -2.19. The minimum absolute atomic E-state index is 0.0848. The van der Waals surface area contributed by atoms with Crippen LogP contribution in [0.1, 0.15) is 29.7 Å². The van der Waals surface area contributed by atoms with Gasteiger partial charge in [0.05, 0.1) is 24.1 Å². The number of anilines is 2. The summed E-state index contributed by atoms with van der Waals surface area (Å²) >= 11 is -2.22. The summed E-state index contributed by atoms with van der Waals surface area (Å²) in [5.74, 6) is 0.522. The lowest BCUT2D eigenvalue weighted by molar-refractivity contribution is -0.136. The van der Waals surface area contributed by atoms with E-state index >= 15 is 0 Å². The number of hydrogen-bond donors (Lipinski definition) is 2. The average molecular weight is 496 g/mol. The van der Waals surface area contributed by atoms with E-state index < -0.39 is 17.0 Å². The highest BCUT2D eigenvalue weighted by molar-refractivity contribution is 7.78. The predicted molar refractivity (Wildman–Crippen MR) is 127 cm³/mol. The summed E-state index contributed by atoms with van der Waals surface area (Å²) in [6.07, 6.45) is 4.20. The first-order valence-electron chi connectivity index (χ1n) is 10.9. The molecule has 3 heterocycles. The van der Waals surface area contributed by atoms with Gasteiger partial charge < -0.3 is 24.6 Å². The predicted octanol–water partition coefficient (Wildman–Crippen LogP) is 3.14. The Morgan fingerprint density at radius 3 is 2.66 bits per heavy atom. The summed E-state index contributed by atoms with van der Waals surface area (Å²) in [5, 5.41) is 12.1. The second-order valence-electron chi connectivity index (χ2n) is 8.02. The fraction of sp³-hybridized carbons (Fsp3) is 0.250. The lowest BCUT2D eigenvalue weighted by Crippen LogP contribution is -2.24. The van der Waals surface area contributed by atoms with Crippen molar-refractivity contribution in [3.05, 3.63) is 71.7 Å². The highest BCUT2D eigenvalue weighted by Crippen LogP contribution is 2.31. The summed E-state index contributed by atoms with van der Waals surface area (Å²) in [7, 11) is 0. The lowest BCUT2D eigenvalue weighted by atomic mass is 10.1. The average Bonchev–Trinajstić information content (AvgIpc) is 3.22. The van der Waals surface area contributed by atoms with Gasteiger partial charge in [-0.3, -0.25) is 18.8 Å². The second-order valence-corrected chi connectivity index (χ2v) is 8.92. The van der Waals surface area contributed by atoms with Crippen LogP contribution in [0, 0.1) is 0 Å². The molecule has 10 nitrogen and oxygen atoms in total. The molecule has 2 aromatic heterocycles. The van der Waals surface area contributed by atoms with Crippen LogP contribution < -0.4 is 10.1 Å². The van der Waals surface area contributed by atoms with E-state index in [1.165, 1.54) is 12.4 Å². The summed E-state index contributed by atoms with van der Waals surface area (Å²) < 4.78 is 27.7. The highest BCUT2D eigenvalue weighted by Gasteiger charge is 2.22. The molecule has 3 aromatic rings. The van der Waals surface area contributed by atoms with Gasteiger partial charge >= 0.3 is 5.97 Å². The Labute approximate surface area is 204 Å². The number of pyridine rings is 2. The van der Waals surface area contributed by atoms with E-state index in [0.29, 0.717) is 48.1 Å². The Morgan fingerprint density at radius 2 is 2.03 bits per heavy atom. The molecule has 1 aliphatic rings. The van der Waals surface area contributed by atoms with E-state index in [9.17, 15) is 18.4 Å². The molecule has 1 aliphatic heterocycles. The highest BCUT2D eigenvalue weighted by atomic mass is 32.2. The summed E-state index contributed by atoms with van der Waals surface area (Å²) in [4.78, 5) is 33.2. The first-order valence-corrected chi connectivity index (χ1v) is 12.1. The maximum atomic E-state index is 12.2. The molecule has 182 valence electrons. The van der Waals surface area contributed by atoms with Crippen LogP contribution in [0.25, 0.3) is 0 Å². The number of carboxylic acid groups (broad SMARTS) is 1. The number of aliphatic carboxylic acids is 1. The molecule has 1 saturated heterocycles. The zero-order chi connectivity index (χ0) is 24.8. The van der Waals surface area contributed by atoms with Gasteiger partial charge in [-0.2, -0.15) is 0 Å². The van der Waals surface area contributed by atoms with Gasteiger partial charge in [0.25, 0.3) is 0 Å². The molecule has 1 aromatic carbocycles. The number of ether oxygens (including phenoxy) is 1. The first-order chi connectivity index (χ1) is 16.9. The van der Waals surface area contributed by atoms with E-state index in [1.807, 2.05) is 6.07 Å². The fourth-order valence-corrected chi connectivity index (χ4v) is 4.10. The van der Waals surface area contributed by atoms with Crippen molar-refractivity contribution >= 4 is 34.5 Å². The molecule has 1 atom stereocenters. The summed E-state index contributed by atoms with van der Waals surface area (Å²) in [5.41, 5.74) is 2.51. The quantitative estimate of drug-likeness (QED) is 0.405. The van der Waals surface area contributed by atoms with Crippen molar-refractivity contribution in [2.75, 3.05) is 11.9 Å². The molecular formula is C24H23N4O6S-. The molecule has 1 amide bonds. The number of benzene rings is 1. The first kappa shape index (κ1) is 24.3. The number of aromatic nitrogens is 2. The molecular weight excluding hydrogens is 472 g/mol. The van der Waals surface area contributed by atoms with Crippen molar-refractivity contribution in [3.63, 3.8) is 0 Å². The van der Waals surface area contributed by atoms with Crippen LogP contribution in [-0.2, 0) is 39.4 Å². The third-order valence-electron chi connectivity index (χ3n) is 5.34. The number of amides is 1. The van der Waals surface area contributed by atoms with Crippen molar-refractivity contribution in [1.82, 2.24) is 14.9 Å². The van der Waals surface area contributed by atoms with Crippen LogP contribution in [0.4, 0.5) is 11.5 Å². The van der Waals surface area contributed by atoms with Gasteiger partial charge in [-0.25, -0.2) is 4.98 Å². The molecule has 35 heavy (non-hydrogen) atoms. The monoisotopic (exact) mass is 495 g/mol. The van der Waals surface area contributed by atoms with Crippen LogP contribution in [0.15, 0.2) is 54.9 Å². The van der Waals surface area contributed by atoms with Gasteiger partial charge in [0.1, 0.15) is 17.3 Å². The Balaban J connectivity index is 1.54. The van der Waals surface area contributed by atoms with Gasteiger partial charge in [0.15, 0.2) is 0 Å². The number of carboxylic acids is 1. The largest absolute Gasteiger partial charge is 0.772 e. The van der Waals surface area contributed by atoms with Gasteiger partial charge in [-0.15, -0.1) is 0 Å².